The van der Waals surface area contributed by atoms with Crippen LogP contribution in [0.1, 0.15) is 45.0 Å². The van der Waals surface area contributed by atoms with Gasteiger partial charge < -0.3 is 0 Å². The second-order valence-corrected chi connectivity index (χ2v) is 6.09. The van der Waals surface area contributed by atoms with Crippen molar-refractivity contribution in [2.45, 2.75) is 18.8 Å². The lowest BCUT2D eigenvalue weighted by atomic mass is 9.95. The molecule has 2 aromatic carbocycles. The van der Waals surface area contributed by atoms with Crippen LogP contribution in [0.4, 0.5) is 0 Å². The molecule has 0 aromatic heterocycles. The molecular weight excluding hydrogens is 326 g/mol. The third-order valence-corrected chi connectivity index (χ3v) is 4.49. The van der Waals surface area contributed by atoms with Gasteiger partial charge in [-0.25, -0.2) is 0 Å². The molecule has 2 aromatic rings. The highest BCUT2D eigenvalue weighted by Gasteiger charge is 2.34. The number of fused-ring (bicyclic) bond motifs is 1. The van der Waals surface area contributed by atoms with Crippen LogP contribution in [0.5, 0.6) is 0 Å². The normalized spacial score (nSPS) is 14.6. The van der Waals surface area contributed by atoms with Gasteiger partial charge >= 0.3 is 0 Å². The molecule has 1 aliphatic heterocycles. The van der Waals surface area contributed by atoms with E-state index >= 15 is 0 Å². The van der Waals surface area contributed by atoms with E-state index in [-0.39, 0.29) is 18.4 Å². The van der Waals surface area contributed by atoms with Crippen LogP contribution in [-0.4, -0.2) is 28.5 Å². The van der Waals surface area contributed by atoms with Gasteiger partial charge in [-0.05, 0) is 42.1 Å². The van der Waals surface area contributed by atoms with Crippen LogP contribution in [0.3, 0.4) is 0 Å². The highest BCUT2D eigenvalue weighted by Crippen LogP contribution is 2.26. The molecule has 0 spiro atoms. The number of benzene rings is 2. The zero-order valence-corrected chi connectivity index (χ0v) is 13.7. The standard InChI is InChI=1S/C19H16ClNO3/c20-17(22)14(13-7-2-1-3-8-13)11-6-12-21-18(23)15-9-4-5-10-16(15)19(21)24/h1-5,7-10,14H,6,11-12H2. The first-order valence-corrected chi connectivity index (χ1v) is 8.17. The van der Waals surface area contributed by atoms with Gasteiger partial charge in [0.05, 0.1) is 17.0 Å². The Morgan fingerprint density at radius 1 is 0.917 bits per heavy atom. The minimum Gasteiger partial charge on any atom is -0.281 e. The Hall–Kier alpha value is -2.46. The summed E-state index contributed by atoms with van der Waals surface area (Å²) in [7, 11) is 0. The summed E-state index contributed by atoms with van der Waals surface area (Å²) in [4.78, 5) is 37.5. The number of imide groups is 1. The van der Waals surface area contributed by atoms with Gasteiger partial charge in [0.2, 0.25) is 5.24 Å². The molecule has 0 aliphatic carbocycles. The van der Waals surface area contributed by atoms with E-state index in [4.69, 9.17) is 11.6 Å². The van der Waals surface area contributed by atoms with Crippen molar-refractivity contribution in [3.8, 4) is 0 Å². The third-order valence-electron chi connectivity index (χ3n) is 4.23. The largest absolute Gasteiger partial charge is 0.281 e. The van der Waals surface area contributed by atoms with Crippen LogP contribution in [0.25, 0.3) is 0 Å². The van der Waals surface area contributed by atoms with Crippen LogP contribution in [-0.2, 0) is 4.79 Å². The molecule has 5 heteroatoms. The molecule has 0 radical (unpaired) electrons. The van der Waals surface area contributed by atoms with Crippen molar-refractivity contribution >= 4 is 28.7 Å². The SMILES string of the molecule is O=C(Cl)C(CCCN1C(=O)c2ccccc2C1=O)c1ccccc1. The first-order valence-electron chi connectivity index (χ1n) is 7.79. The van der Waals surface area contributed by atoms with Gasteiger partial charge in [-0.3, -0.25) is 19.3 Å². The van der Waals surface area contributed by atoms with E-state index in [0.29, 0.717) is 24.0 Å². The first-order chi connectivity index (χ1) is 11.6. The Kier molecular flexibility index (Phi) is 4.76. The molecule has 0 N–H and O–H groups in total. The zero-order valence-electron chi connectivity index (χ0n) is 12.9. The van der Waals surface area contributed by atoms with E-state index < -0.39 is 11.2 Å². The third kappa shape index (κ3) is 3.10. The molecule has 1 heterocycles. The molecule has 0 saturated heterocycles. The minimum atomic E-state index is -0.428. The summed E-state index contributed by atoms with van der Waals surface area (Å²) in [6, 6.07) is 16.1. The van der Waals surface area contributed by atoms with Crippen LogP contribution < -0.4 is 0 Å². The smallest absolute Gasteiger partial charge is 0.261 e. The number of hydrogen-bond donors (Lipinski definition) is 0. The van der Waals surface area contributed by atoms with Crippen LogP contribution in [0.15, 0.2) is 54.6 Å². The number of nitrogens with zero attached hydrogens (tertiary/aromatic N) is 1. The maximum Gasteiger partial charge on any atom is 0.261 e. The van der Waals surface area contributed by atoms with E-state index in [1.165, 1.54) is 4.90 Å². The van der Waals surface area contributed by atoms with Gasteiger partial charge in [-0.2, -0.15) is 0 Å². The predicted octanol–water partition coefficient (Wildman–Crippen LogP) is 3.61. The fraction of sp³-hybridized carbons (Fsp3) is 0.211. The lowest BCUT2D eigenvalue weighted by molar-refractivity contribution is -0.113. The number of carbonyl (C=O) groups is 3. The summed E-state index contributed by atoms with van der Waals surface area (Å²) in [5.41, 5.74) is 1.73. The molecule has 0 saturated carbocycles. The van der Waals surface area contributed by atoms with Crippen LogP contribution >= 0.6 is 11.6 Å². The van der Waals surface area contributed by atoms with Gasteiger partial charge in [0.1, 0.15) is 0 Å². The van der Waals surface area contributed by atoms with E-state index in [2.05, 4.69) is 0 Å². The van der Waals surface area contributed by atoms with E-state index in [9.17, 15) is 14.4 Å². The monoisotopic (exact) mass is 341 g/mol. The summed E-state index contributed by atoms with van der Waals surface area (Å²) < 4.78 is 0. The molecular formula is C19H16ClNO3. The molecule has 1 aliphatic rings. The molecule has 122 valence electrons. The Balaban J connectivity index is 1.65. The maximum atomic E-state index is 12.3. The first kappa shape index (κ1) is 16.4. The van der Waals surface area contributed by atoms with Gasteiger partial charge in [0, 0.05) is 6.54 Å². The summed E-state index contributed by atoms with van der Waals surface area (Å²) in [5, 5.41) is -0.427. The Morgan fingerprint density at radius 2 is 1.46 bits per heavy atom. The van der Waals surface area contributed by atoms with E-state index in [1.54, 1.807) is 24.3 Å². The molecule has 1 unspecified atom stereocenters. The zero-order chi connectivity index (χ0) is 17.1. The fourth-order valence-electron chi connectivity index (χ4n) is 2.99. The molecule has 0 bridgehead atoms. The van der Waals surface area contributed by atoms with Gasteiger partial charge in [0.15, 0.2) is 0 Å². The summed E-state index contributed by atoms with van der Waals surface area (Å²) in [6.45, 7) is 0.278. The second-order valence-electron chi connectivity index (χ2n) is 5.72. The second kappa shape index (κ2) is 6.97. The van der Waals surface area contributed by atoms with Gasteiger partial charge in [-0.1, -0.05) is 42.5 Å². The highest BCUT2D eigenvalue weighted by atomic mass is 35.5. The molecule has 3 rings (SSSR count). The van der Waals surface area contributed by atoms with Crippen molar-refractivity contribution in [3.63, 3.8) is 0 Å². The molecule has 24 heavy (non-hydrogen) atoms. The van der Waals surface area contributed by atoms with Crippen LogP contribution in [0.2, 0.25) is 0 Å². The lowest BCUT2D eigenvalue weighted by Crippen LogP contribution is -2.31. The van der Waals surface area contributed by atoms with Crippen molar-refractivity contribution < 1.29 is 14.4 Å². The van der Waals surface area contributed by atoms with Gasteiger partial charge in [-0.15, -0.1) is 0 Å². The van der Waals surface area contributed by atoms with Crippen molar-refractivity contribution in [2.75, 3.05) is 6.54 Å². The average Bonchev–Trinajstić information content (AvgIpc) is 2.84. The van der Waals surface area contributed by atoms with Crippen LogP contribution in [0, 0.1) is 0 Å². The lowest BCUT2D eigenvalue weighted by Gasteiger charge is -2.16. The summed E-state index contributed by atoms with van der Waals surface area (Å²) in [5.74, 6) is -0.976. The average molecular weight is 342 g/mol. The highest BCUT2D eigenvalue weighted by molar-refractivity contribution is 6.64. The van der Waals surface area contributed by atoms with Crippen molar-refractivity contribution in [1.29, 1.82) is 0 Å². The molecule has 2 amide bonds. The minimum absolute atomic E-state index is 0.274. The topological polar surface area (TPSA) is 54.5 Å². The van der Waals surface area contributed by atoms with Crippen molar-refractivity contribution in [2.24, 2.45) is 0 Å². The maximum absolute atomic E-state index is 12.3. The van der Waals surface area contributed by atoms with Crippen molar-refractivity contribution in [3.05, 3.63) is 71.3 Å². The number of carbonyl (C=O) groups excluding carboxylic acids is 3. The summed E-state index contributed by atoms with van der Waals surface area (Å²) >= 11 is 5.72. The number of halogens is 1. The fourth-order valence-corrected chi connectivity index (χ4v) is 3.23. The van der Waals surface area contributed by atoms with Crippen molar-refractivity contribution in [1.82, 2.24) is 4.90 Å². The molecule has 1 atom stereocenters. The number of amides is 2. The Morgan fingerprint density at radius 3 is 2.00 bits per heavy atom. The van der Waals surface area contributed by atoms with E-state index in [0.717, 1.165) is 5.56 Å². The predicted molar refractivity (Wildman–Crippen MR) is 91.1 cm³/mol. The summed E-state index contributed by atoms with van der Waals surface area (Å²) in [6.07, 6.45) is 1.00. The van der Waals surface area contributed by atoms with Gasteiger partial charge in [0.25, 0.3) is 11.8 Å². The Labute approximate surface area is 145 Å². The van der Waals surface area contributed by atoms with E-state index in [1.807, 2.05) is 30.3 Å². The molecule has 0 fully saturated rings. The quantitative estimate of drug-likeness (QED) is 0.595. The molecule has 4 nitrogen and oxygen atoms in total. The number of rotatable bonds is 6. The Bertz CT molecular complexity index is 753. The number of hydrogen-bond acceptors (Lipinski definition) is 3.